The maximum absolute atomic E-state index is 5.91. The molecule has 1 aromatic heterocycles. The number of terminal acetylenes is 1. The van der Waals surface area contributed by atoms with Crippen molar-refractivity contribution in [3.8, 4) is 18.1 Å². The van der Waals surface area contributed by atoms with E-state index >= 15 is 0 Å². The standard InChI is InChI=1S/C21H27N5O2/c1-4-12-27-19-7-5-17(6-8-19)9-10-23-21(22-2)26-11-13-28-20(16-26)18-14-24-25(3)15-18/h1,5-8,14-15,20H,9-13,16H2,2-3H3,(H,22,23). The summed E-state index contributed by atoms with van der Waals surface area (Å²) in [5.41, 5.74) is 2.32. The summed E-state index contributed by atoms with van der Waals surface area (Å²) in [6, 6.07) is 8.01. The van der Waals surface area contributed by atoms with E-state index in [9.17, 15) is 0 Å². The normalized spacial score (nSPS) is 17.2. The molecule has 0 aliphatic carbocycles. The molecule has 28 heavy (non-hydrogen) atoms. The highest BCUT2D eigenvalue weighted by Gasteiger charge is 2.24. The van der Waals surface area contributed by atoms with Gasteiger partial charge >= 0.3 is 0 Å². The predicted molar refractivity (Wildman–Crippen MR) is 109 cm³/mol. The third kappa shape index (κ3) is 5.27. The second-order valence-electron chi connectivity index (χ2n) is 6.61. The second-order valence-corrected chi connectivity index (χ2v) is 6.61. The lowest BCUT2D eigenvalue weighted by Gasteiger charge is -2.34. The lowest BCUT2D eigenvalue weighted by atomic mass is 10.1. The van der Waals surface area contributed by atoms with E-state index in [1.165, 1.54) is 5.56 Å². The van der Waals surface area contributed by atoms with Crippen molar-refractivity contribution in [3.05, 3.63) is 47.8 Å². The molecule has 7 heteroatoms. The van der Waals surface area contributed by atoms with Crippen LogP contribution in [0.25, 0.3) is 0 Å². The zero-order valence-electron chi connectivity index (χ0n) is 16.5. The third-order valence-electron chi connectivity index (χ3n) is 4.62. The van der Waals surface area contributed by atoms with E-state index in [1.807, 2.05) is 38.6 Å². The zero-order chi connectivity index (χ0) is 19.8. The van der Waals surface area contributed by atoms with Gasteiger partial charge in [0.15, 0.2) is 5.96 Å². The molecule has 3 rings (SSSR count). The van der Waals surface area contributed by atoms with Crippen LogP contribution in [0.5, 0.6) is 5.75 Å². The van der Waals surface area contributed by atoms with E-state index in [4.69, 9.17) is 15.9 Å². The summed E-state index contributed by atoms with van der Waals surface area (Å²) in [5, 5.41) is 7.70. The lowest BCUT2D eigenvalue weighted by molar-refractivity contribution is -0.00800. The molecule has 0 saturated carbocycles. The monoisotopic (exact) mass is 381 g/mol. The smallest absolute Gasteiger partial charge is 0.193 e. The van der Waals surface area contributed by atoms with Crippen LogP contribution in [0.4, 0.5) is 0 Å². The van der Waals surface area contributed by atoms with Gasteiger partial charge < -0.3 is 19.7 Å². The van der Waals surface area contributed by atoms with E-state index in [-0.39, 0.29) is 12.7 Å². The molecule has 1 fully saturated rings. The van der Waals surface area contributed by atoms with Crippen LogP contribution in [-0.2, 0) is 18.2 Å². The SMILES string of the molecule is C#CCOc1ccc(CCNC(=NC)N2CCOC(c3cnn(C)c3)C2)cc1. The van der Waals surface area contributed by atoms with Crippen molar-refractivity contribution in [2.24, 2.45) is 12.0 Å². The van der Waals surface area contributed by atoms with Crippen LogP contribution in [-0.4, -0.2) is 60.5 Å². The van der Waals surface area contributed by atoms with Gasteiger partial charge in [-0.1, -0.05) is 18.1 Å². The maximum Gasteiger partial charge on any atom is 0.193 e. The predicted octanol–water partition coefficient (Wildman–Crippen LogP) is 1.62. The Labute approximate surface area is 166 Å². The Morgan fingerprint density at radius 3 is 2.93 bits per heavy atom. The van der Waals surface area contributed by atoms with Gasteiger partial charge in [0, 0.05) is 38.9 Å². The molecule has 148 valence electrons. The van der Waals surface area contributed by atoms with E-state index < -0.39 is 0 Å². The van der Waals surface area contributed by atoms with Gasteiger partial charge in [-0.3, -0.25) is 9.67 Å². The van der Waals surface area contributed by atoms with Crippen molar-refractivity contribution in [2.45, 2.75) is 12.5 Å². The van der Waals surface area contributed by atoms with Crippen molar-refractivity contribution in [3.63, 3.8) is 0 Å². The van der Waals surface area contributed by atoms with Gasteiger partial charge in [0.2, 0.25) is 0 Å². The first-order chi connectivity index (χ1) is 13.7. The highest BCUT2D eigenvalue weighted by molar-refractivity contribution is 5.80. The van der Waals surface area contributed by atoms with Gasteiger partial charge in [-0.15, -0.1) is 6.42 Å². The van der Waals surface area contributed by atoms with Crippen LogP contribution < -0.4 is 10.1 Å². The van der Waals surface area contributed by atoms with Gasteiger partial charge in [0.1, 0.15) is 18.5 Å². The number of nitrogens with one attached hydrogen (secondary N) is 1. The molecule has 0 radical (unpaired) electrons. The number of hydrogen-bond donors (Lipinski definition) is 1. The molecule has 1 aliphatic rings. The number of morpholine rings is 1. The summed E-state index contributed by atoms with van der Waals surface area (Å²) in [7, 11) is 3.73. The largest absolute Gasteiger partial charge is 0.481 e. The summed E-state index contributed by atoms with van der Waals surface area (Å²) >= 11 is 0. The van der Waals surface area contributed by atoms with Gasteiger partial charge in [-0.2, -0.15) is 5.10 Å². The number of aryl methyl sites for hydroxylation is 1. The minimum absolute atomic E-state index is 0.0107. The fourth-order valence-electron chi connectivity index (χ4n) is 3.18. The van der Waals surface area contributed by atoms with Crippen molar-refractivity contribution in [2.75, 3.05) is 39.9 Å². The number of guanidine groups is 1. The van der Waals surface area contributed by atoms with Gasteiger partial charge in [-0.25, -0.2) is 0 Å². The summed E-state index contributed by atoms with van der Waals surface area (Å²) in [5.74, 6) is 4.15. The fraction of sp³-hybridized carbons (Fsp3) is 0.429. The average molecular weight is 381 g/mol. The average Bonchev–Trinajstić information content (AvgIpc) is 3.17. The first-order valence-corrected chi connectivity index (χ1v) is 9.40. The molecule has 0 spiro atoms. The Kier molecular flexibility index (Phi) is 6.93. The van der Waals surface area contributed by atoms with Crippen molar-refractivity contribution in [1.82, 2.24) is 20.0 Å². The molecule has 1 aromatic carbocycles. The number of nitrogens with zero attached hydrogens (tertiary/aromatic N) is 4. The Morgan fingerprint density at radius 2 is 2.25 bits per heavy atom. The number of aromatic nitrogens is 2. The maximum atomic E-state index is 5.91. The Morgan fingerprint density at radius 1 is 1.43 bits per heavy atom. The van der Waals surface area contributed by atoms with Crippen LogP contribution >= 0.6 is 0 Å². The van der Waals surface area contributed by atoms with Gasteiger partial charge in [0.05, 0.1) is 19.3 Å². The summed E-state index contributed by atoms with van der Waals surface area (Å²) in [4.78, 5) is 6.67. The van der Waals surface area contributed by atoms with Crippen molar-refractivity contribution >= 4 is 5.96 Å². The van der Waals surface area contributed by atoms with Gasteiger partial charge in [-0.05, 0) is 24.1 Å². The minimum Gasteiger partial charge on any atom is -0.481 e. The Balaban J connectivity index is 1.49. The van der Waals surface area contributed by atoms with Crippen LogP contribution in [0.1, 0.15) is 17.2 Å². The van der Waals surface area contributed by atoms with Crippen molar-refractivity contribution < 1.29 is 9.47 Å². The number of rotatable bonds is 6. The van der Waals surface area contributed by atoms with E-state index in [0.29, 0.717) is 6.61 Å². The minimum atomic E-state index is 0.0107. The lowest BCUT2D eigenvalue weighted by Crippen LogP contribution is -2.48. The number of ether oxygens (including phenoxy) is 2. The van der Waals surface area contributed by atoms with Crippen LogP contribution in [0, 0.1) is 12.3 Å². The molecule has 1 saturated heterocycles. The molecule has 2 heterocycles. The number of hydrogen-bond acceptors (Lipinski definition) is 4. The van der Waals surface area contributed by atoms with E-state index in [0.717, 1.165) is 43.3 Å². The second kappa shape index (κ2) is 9.81. The fourth-order valence-corrected chi connectivity index (χ4v) is 3.18. The van der Waals surface area contributed by atoms with Crippen LogP contribution in [0.2, 0.25) is 0 Å². The van der Waals surface area contributed by atoms with E-state index in [2.05, 4.69) is 38.4 Å². The van der Waals surface area contributed by atoms with Crippen molar-refractivity contribution in [1.29, 1.82) is 0 Å². The molecule has 1 unspecified atom stereocenters. The quantitative estimate of drug-likeness (QED) is 0.468. The molecular formula is C21H27N5O2. The molecule has 0 bridgehead atoms. The van der Waals surface area contributed by atoms with Gasteiger partial charge in [0.25, 0.3) is 0 Å². The first-order valence-electron chi connectivity index (χ1n) is 9.40. The zero-order valence-corrected chi connectivity index (χ0v) is 16.5. The van der Waals surface area contributed by atoms with E-state index in [1.54, 1.807) is 4.68 Å². The first kappa shape index (κ1) is 19.8. The number of benzene rings is 1. The topological polar surface area (TPSA) is 63.9 Å². The molecule has 0 amide bonds. The summed E-state index contributed by atoms with van der Waals surface area (Å²) in [6.07, 6.45) is 9.98. The molecule has 1 N–H and O–H groups in total. The van der Waals surface area contributed by atoms with Crippen LogP contribution in [0.3, 0.4) is 0 Å². The summed E-state index contributed by atoms with van der Waals surface area (Å²) in [6.45, 7) is 3.33. The molecule has 7 nitrogen and oxygen atoms in total. The Bertz CT molecular complexity index is 822. The third-order valence-corrected chi connectivity index (χ3v) is 4.62. The highest BCUT2D eigenvalue weighted by Crippen LogP contribution is 2.21. The molecular weight excluding hydrogens is 354 g/mol. The summed E-state index contributed by atoms with van der Waals surface area (Å²) < 4.78 is 13.1. The van der Waals surface area contributed by atoms with Crippen LogP contribution in [0.15, 0.2) is 41.7 Å². The molecule has 1 aliphatic heterocycles. The molecule has 2 aromatic rings. The Hall–Kier alpha value is -2.98. The highest BCUT2D eigenvalue weighted by atomic mass is 16.5. The number of aliphatic imine (C=N–C) groups is 1. The molecule has 1 atom stereocenters.